The number of carbonyl (C=O) groups excluding carboxylic acids is 1. The predicted octanol–water partition coefficient (Wildman–Crippen LogP) is 1.07. The summed E-state index contributed by atoms with van der Waals surface area (Å²) in [6.45, 7) is 1.46. The van der Waals surface area contributed by atoms with E-state index in [1.165, 1.54) is 11.3 Å². The van der Waals surface area contributed by atoms with Crippen LogP contribution in [0.3, 0.4) is 0 Å². The van der Waals surface area contributed by atoms with Crippen LogP contribution in [0.5, 0.6) is 0 Å². The minimum atomic E-state index is -1.02. The Hall–Kier alpha value is -3.12. The number of thiazole rings is 1. The van der Waals surface area contributed by atoms with Crippen LogP contribution in [0, 0.1) is 18.3 Å². The van der Waals surface area contributed by atoms with E-state index in [0.717, 1.165) is 15.1 Å². The van der Waals surface area contributed by atoms with Crippen LogP contribution in [0.1, 0.15) is 16.6 Å². The molecule has 0 fully saturated rings. The number of nitrogens with zero attached hydrogens (tertiary/aromatic N) is 6. The van der Waals surface area contributed by atoms with Gasteiger partial charge in [-0.25, -0.2) is 9.78 Å². The van der Waals surface area contributed by atoms with E-state index in [0.29, 0.717) is 10.7 Å². The summed E-state index contributed by atoms with van der Waals surface area (Å²) in [6, 6.07) is 10.7. The molecule has 0 bridgehead atoms. The molecule has 0 amide bonds. The molecule has 0 saturated heterocycles. The minimum absolute atomic E-state index is 0.331. The molecule has 0 saturated carbocycles. The number of hydrogen-bond donors (Lipinski definition) is 0. The third-order valence-corrected chi connectivity index (χ3v) is 4.31. The van der Waals surface area contributed by atoms with Gasteiger partial charge in [-0.3, -0.25) is 4.79 Å². The zero-order valence-electron chi connectivity index (χ0n) is 12.7. The Morgan fingerprint density at radius 3 is 2.71 bits per heavy atom. The van der Waals surface area contributed by atoms with Gasteiger partial charge in [0.15, 0.2) is 11.7 Å². The van der Waals surface area contributed by atoms with Crippen molar-refractivity contribution in [3.05, 3.63) is 56.9 Å². The van der Waals surface area contributed by atoms with Crippen LogP contribution in [-0.2, 0) is 11.3 Å². The lowest BCUT2D eigenvalue weighted by molar-refractivity contribution is -0.120. The van der Waals surface area contributed by atoms with Gasteiger partial charge in [0.2, 0.25) is 0 Å². The van der Waals surface area contributed by atoms with E-state index in [9.17, 15) is 14.9 Å². The van der Waals surface area contributed by atoms with E-state index in [1.54, 1.807) is 36.6 Å². The highest BCUT2D eigenvalue weighted by molar-refractivity contribution is 7.09. The average molecular weight is 340 g/mol. The van der Waals surface area contributed by atoms with E-state index in [-0.39, 0.29) is 6.54 Å². The number of nitriles is 1. The molecule has 2 aromatic heterocycles. The van der Waals surface area contributed by atoms with Crippen LogP contribution >= 0.6 is 11.3 Å². The SMILES string of the molecule is Cc1csc(C(C#N)C(=O)Cn2nnn(-c3ccccc3)c2=O)n1. The molecule has 0 aliphatic carbocycles. The number of benzene rings is 1. The van der Waals surface area contributed by atoms with Gasteiger partial charge in [-0.1, -0.05) is 18.2 Å². The smallest absolute Gasteiger partial charge is 0.296 e. The molecule has 3 aromatic rings. The monoisotopic (exact) mass is 340 g/mol. The lowest BCUT2D eigenvalue weighted by Gasteiger charge is -2.03. The molecule has 8 nitrogen and oxygen atoms in total. The molecule has 0 aliphatic rings. The maximum atomic E-state index is 12.4. The van der Waals surface area contributed by atoms with E-state index in [4.69, 9.17) is 0 Å². The van der Waals surface area contributed by atoms with E-state index < -0.39 is 17.4 Å². The van der Waals surface area contributed by atoms with Crippen LogP contribution in [0.4, 0.5) is 0 Å². The molecule has 120 valence electrons. The topological polar surface area (TPSA) is 106 Å². The summed E-state index contributed by atoms with van der Waals surface area (Å²) in [5.74, 6) is -1.47. The van der Waals surface area contributed by atoms with E-state index in [1.807, 2.05) is 12.1 Å². The number of hydrogen-bond acceptors (Lipinski definition) is 7. The maximum Gasteiger partial charge on any atom is 0.368 e. The first-order valence-corrected chi connectivity index (χ1v) is 7.90. The molecule has 24 heavy (non-hydrogen) atoms. The molecule has 0 N–H and O–H groups in total. The van der Waals surface area contributed by atoms with Gasteiger partial charge >= 0.3 is 5.69 Å². The van der Waals surface area contributed by atoms with Gasteiger partial charge in [-0.2, -0.15) is 14.6 Å². The summed E-state index contributed by atoms with van der Waals surface area (Å²) in [4.78, 5) is 28.8. The Balaban J connectivity index is 1.84. The number of aromatic nitrogens is 5. The van der Waals surface area contributed by atoms with Crippen molar-refractivity contribution in [3.63, 3.8) is 0 Å². The molecular weight excluding hydrogens is 328 g/mol. The van der Waals surface area contributed by atoms with Crippen molar-refractivity contribution in [2.45, 2.75) is 19.4 Å². The van der Waals surface area contributed by atoms with Crippen LogP contribution < -0.4 is 5.69 Å². The standard InChI is InChI=1S/C15H12N6O2S/c1-10-9-24-14(17-10)12(7-16)13(22)8-20-15(23)21(19-18-20)11-5-3-2-4-6-11/h2-6,9,12H,8H2,1H3. The minimum Gasteiger partial charge on any atom is -0.296 e. The first-order valence-electron chi connectivity index (χ1n) is 7.02. The summed E-state index contributed by atoms with van der Waals surface area (Å²) in [7, 11) is 0. The Kier molecular flexibility index (Phi) is 4.31. The van der Waals surface area contributed by atoms with Crippen molar-refractivity contribution in [1.29, 1.82) is 5.26 Å². The molecule has 9 heteroatoms. The molecule has 1 aromatic carbocycles. The molecule has 2 heterocycles. The fourth-order valence-electron chi connectivity index (χ4n) is 2.11. The van der Waals surface area contributed by atoms with Crippen LogP contribution in [-0.4, -0.2) is 30.6 Å². The van der Waals surface area contributed by atoms with Gasteiger partial charge in [-0.05, 0) is 29.5 Å². The normalized spacial score (nSPS) is 11.8. The number of ketones is 1. The zero-order chi connectivity index (χ0) is 17.1. The van der Waals surface area contributed by atoms with E-state index in [2.05, 4.69) is 15.4 Å². The number of para-hydroxylation sites is 1. The maximum absolute atomic E-state index is 12.4. The second-order valence-corrected chi connectivity index (χ2v) is 5.91. The quantitative estimate of drug-likeness (QED) is 0.688. The number of aryl methyl sites for hydroxylation is 1. The molecular formula is C15H12N6O2S. The van der Waals surface area contributed by atoms with Gasteiger partial charge in [0, 0.05) is 11.1 Å². The van der Waals surface area contributed by atoms with Crippen molar-refractivity contribution >= 4 is 17.1 Å². The van der Waals surface area contributed by atoms with Gasteiger partial charge in [0.25, 0.3) is 0 Å². The van der Waals surface area contributed by atoms with Crippen molar-refractivity contribution in [3.8, 4) is 11.8 Å². The lowest BCUT2D eigenvalue weighted by atomic mass is 10.1. The van der Waals surface area contributed by atoms with Gasteiger partial charge in [0.1, 0.15) is 11.6 Å². The average Bonchev–Trinajstić information content (AvgIpc) is 3.16. The highest BCUT2D eigenvalue weighted by atomic mass is 32.1. The Labute approximate surface area is 140 Å². The first kappa shape index (κ1) is 15.8. The number of tetrazole rings is 1. The molecule has 3 rings (SSSR count). The Bertz CT molecular complexity index is 966. The van der Waals surface area contributed by atoms with Crippen molar-refractivity contribution < 1.29 is 4.79 Å². The number of Topliss-reactive ketones (excluding diaryl/α,β-unsaturated/α-hetero) is 1. The largest absolute Gasteiger partial charge is 0.368 e. The summed E-state index contributed by atoms with van der Waals surface area (Å²) in [6.07, 6.45) is 0. The third-order valence-electron chi connectivity index (χ3n) is 3.28. The fourth-order valence-corrected chi connectivity index (χ4v) is 2.97. The summed E-state index contributed by atoms with van der Waals surface area (Å²) < 4.78 is 2.04. The van der Waals surface area contributed by atoms with E-state index >= 15 is 0 Å². The Morgan fingerprint density at radius 1 is 1.33 bits per heavy atom. The molecule has 1 atom stereocenters. The molecule has 0 radical (unpaired) electrons. The number of rotatable bonds is 5. The second-order valence-electron chi connectivity index (χ2n) is 5.02. The molecule has 0 spiro atoms. The van der Waals surface area contributed by atoms with Crippen molar-refractivity contribution in [2.75, 3.05) is 0 Å². The van der Waals surface area contributed by atoms with Crippen LogP contribution in [0.25, 0.3) is 5.69 Å². The molecule has 0 aliphatic heterocycles. The molecule has 1 unspecified atom stereocenters. The lowest BCUT2D eigenvalue weighted by Crippen LogP contribution is -2.29. The summed E-state index contributed by atoms with van der Waals surface area (Å²) in [5, 5.41) is 18.9. The number of carbonyl (C=O) groups is 1. The zero-order valence-corrected chi connectivity index (χ0v) is 13.5. The summed E-state index contributed by atoms with van der Waals surface area (Å²) >= 11 is 1.24. The van der Waals surface area contributed by atoms with Crippen LogP contribution in [0.2, 0.25) is 0 Å². The predicted molar refractivity (Wildman–Crippen MR) is 85.8 cm³/mol. The first-order chi connectivity index (χ1) is 11.6. The van der Waals surface area contributed by atoms with Crippen LogP contribution in [0.15, 0.2) is 40.5 Å². The summed E-state index contributed by atoms with van der Waals surface area (Å²) in [5.41, 5.74) is 0.755. The van der Waals surface area contributed by atoms with Crippen molar-refractivity contribution in [1.82, 2.24) is 24.8 Å². The highest BCUT2D eigenvalue weighted by Crippen LogP contribution is 2.20. The van der Waals surface area contributed by atoms with Gasteiger partial charge in [0.05, 0.1) is 11.8 Å². The van der Waals surface area contributed by atoms with Gasteiger partial charge in [-0.15, -0.1) is 11.3 Å². The third kappa shape index (κ3) is 3.00. The Morgan fingerprint density at radius 2 is 2.08 bits per heavy atom. The highest BCUT2D eigenvalue weighted by Gasteiger charge is 2.25. The van der Waals surface area contributed by atoms with Gasteiger partial charge < -0.3 is 0 Å². The second kappa shape index (κ2) is 6.55. The fraction of sp³-hybridized carbons (Fsp3) is 0.200. The van der Waals surface area contributed by atoms with Crippen molar-refractivity contribution in [2.24, 2.45) is 0 Å².